The number of rotatable bonds is 1. The molecular weight excluding hydrogens is 246 g/mol. The van der Waals surface area contributed by atoms with Gasteiger partial charge in [0.25, 0.3) is 0 Å². The maximum atomic E-state index is 2.45. The van der Waals surface area contributed by atoms with Gasteiger partial charge in [-0.05, 0) is 19.4 Å². The van der Waals surface area contributed by atoms with Gasteiger partial charge in [-0.2, -0.15) is 0 Å². The van der Waals surface area contributed by atoms with Crippen molar-refractivity contribution in [2.45, 2.75) is 17.3 Å². The Balaban J connectivity index is 2.99. The molecule has 58 valence electrons. The lowest BCUT2D eigenvalue weighted by Gasteiger charge is -2.16. The lowest BCUT2D eigenvalue weighted by atomic mass is 9.93. The number of hydrogen-bond acceptors (Lipinski definition) is 0. The molecule has 1 aromatic carbocycles. The van der Waals surface area contributed by atoms with E-state index in [4.69, 9.17) is 0 Å². The zero-order chi connectivity index (χ0) is 8.48. The highest BCUT2D eigenvalue weighted by Crippen LogP contribution is 2.29. The Morgan fingerprint density at radius 1 is 1.18 bits per heavy atom. The first kappa shape index (κ1) is 9.11. The second kappa shape index (κ2) is 3.17. The average molecular weight is 258 g/mol. The SMILES string of the molecule is Bc1ccc(C(C)(C)I)cc1. The van der Waals surface area contributed by atoms with Crippen molar-refractivity contribution < 1.29 is 0 Å². The van der Waals surface area contributed by atoms with Gasteiger partial charge in [0.05, 0.1) is 0 Å². The van der Waals surface area contributed by atoms with Crippen LogP contribution in [0.3, 0.4) is 0 Å². The molecule has 11 heavy (non-hydrogen) atoms. The summed E-state index contributed by atoms with van der Waals surface area (Å²) in [7, 11) is 2.12. The Morgan fingerprint density at radius 2 is 1.64 bits per heavy atom. The van der Waals surface area contributed by atoms with Crippen molar-refractivity contribution in [2.75, 3.05) is 0 Å². The third-order valence-electron chi connectivity index (χ3n) is 1.74. The summed E-state index contributed by atoms with van der Waals surface area (Å²) in [6, 6.07) is 8.72. The van der Waals surface area contributed by atoms with Gasteiger partial charge in [0.1, 0.15) is 7.85 Å². The molecule has 0 atom stereocenters. The summed E-state index contributed by atoms with van der Waals surface area (Å²) in [5.74, 6) is 0. The van der Waals surface area contributed by atoms with Crippen LogP contribution in [0, 0.1) is 0 Å². The van der Waals surface area contributed by atoms with Crippen LogP contribution in [0.25, 0.3) is 0 Å². The van der Waals surface area contributed by atoms with Crippen LogP contribution in [0.1, 0.15) is 19.4 Å². The summed E-state index contributed by atoms with van der Waals surface area (Å²) >= 11 is 2.45. The summed E-state index contributed by atoms with van der Waals surface area (Å²) in [5, 5.41) is 0. The molecule has 0 radical (unpaired) electrons. The van der Waals surface area contributed by atoms with Crippen molar-refractivity contribution in [3.05, 3.63) is 29.8 Å². The predicted octanol–water partition coefficient (Wildman–Crippen LogP) is 1.62. The lowest BCUT2D eigenvalue weighted by molar-refractivity contribution is 0.827. The predicted molar refractivity (Wildman–Crippen MR) is 61.7 cm³/mol. The van der Waals surface area contributed by atoms with Crippen molar-refractivity contribution in [1.29, 1.82) is 0 Å². The molecule has 0 N–H and O–H groups in total. The molecule has 0 heterocycles. The first-order chi connectivity index (χ1) is 5.00. The Labute approximate surface area is 82.9 Å². The zero-order valence-electron chi connectivity index (χ0n) is 7.19. The molecule has 1 rings (SSSR count). The fourth-order valence-electron chi connectivity index (χ4n) is 0.950. The second-order valence-electron chi connectivity index (χ2n) is 3.34. The molecule has 0 bridgehead atoms. The van der Waals surface area contributed by atoms with Gasteiger partial charge in [-0.3, -0.25) is 0 Å². The summed E-state index contributed by atoms with van der Waals surface area (Å²) in [5.41, 5.74) is 2.72. The third-order valence-corrected chi connectivity index (χ3v) is 2.36. The van der Waals surface area contributed by atoms with E-state index in [9.17, 15) is 0 Å². The minimum atomic E-state index is 0.255. The molecule has 1 aromatic rings. The van der Waals surface area contributed by atoms with Gasteiger partial charge in [0, 0.05) is 3.42 Å². The monoisotopic (exact) mass is 258 g/mol. The third kappa shape index (κ3) is 2.51. The van der Waals surface area contributed by atoms with Gasteiger partial charge in [0.2, 0.25) is 0 Å². The standard InChI is InChI=1S/C9H12BI/c1-9(2,11)7-3-5-8(10)6-4-7/h3-6H,10H2,1-2H3. The molecular formula is C9H12BI. The van der Waals surface area contributed by atoms with E-state index in [-0.39, 0.29) is 3.42 Å². The Kier molecular flexibility index (Phi) is 2.63. The quantitative estimate of drug-likeness (QED) is 0.408. The highest BCUT2D eigenvalue weighted by molar-refractivity contribution is 14.1. The highest BCUT2D eigenvalue weighted by Gasteiger charge is 2.14. The van der Waals surface area contributed by atoms with E-state index < -0.39 is 0 Å². The van der Waals surface area contributed by atoms with Crippen molar-refractivity contribution in [3.8, 4) is 0 Å². The first-order valence-electron chi connectivity index (χ1n) is 3.76. The molecule has 2 heteroatoms. The maximum Gasteiger partial charge on any atom is 0.139 e. The summed E-state index contributed by atoms with van der Waals surface area (Å²) in [6.45, 7) is 4.44. The summed E-state index contributed by atoms with van der Waals surface area (Å²) in [6.07, 6.45) is 0. The fourth-order valence-corrected chi connectivity index (χ4v) is 1.31. The number of hydrogen-bond donors (Lipinski definition) is 0. The minimum Gasteiger partial charge on any atom is -0.0889 e. The molecule has 0 aliphatic heterocycles. The Morgan fingerprint density at radius 3 is 2.00 bits per heavy atom. The smallest absolute Gasteiger partial charge is 0.0889 e. The average Bonchev–Trinajstić information content (AvgIpc) is 1.86. The van der Waals surface area contributed by atoms with Crippen LogP contribution in [0.15, 0.2) is 24.3 Å². The van der Waals surface area contributed by atoms with Gasteiger partial charge < -0.3 is 0 Å². The molecule has 0 spiro atoms. The lowest BCUT2D eigenvalue weighted by Crippen LogP contribution is -2.09. The number of halogens is 1. The molecule has 0 saturated heterocycles. The molecule has 0 fully saturated rings. The normalized spacial score (nSPS) is 11.5. The molecule has 0 aromatic heterocycles. The van der Waals surface area contributed by atoms with Crippen LogP contribution in [0.4, 0.5) is 0 Å². The molecule has 0 nitrogen and oxygen atoms in total. The van der Waals surface area contributed by atoms with Crippen LogP contribution < -0.4 is 5.46 Å². The van der Waals surface area contributed by atoms with E-state index in [1.54, 1.807) is 0 Å². The molecule has 0 aliphatic carbocycles. The molecule has 0 unspecified atom stereocenters. The van der Waals surface area contributed by atoms with Crippen molar-refractivity contribution >= 4 is 35.9 Å². The second-order valence-corrected chi connectivity index (χ2v) is 6.04. The van der Waals surface area contributed by atoms with Crippen LogP contribution in [-0.4, -0.2) is 7.85 Å². The highest BCUT2D eigenvalue weighted by atomic mass is 127. The maximum absolute atomic E-state index is 2.45. The minimum absolute atomic E-state index is 0.255. The molecule has 0 aliphatic rings. The Hall–Kier alpha value is 0.0149. The molecule has 0 amide bonds. The van der Waals surface area contributed by atoms with Crippen LogP contribution >= 0.6 is 22.6 Å². The zero-order valence-corrected chi connectivity index (χ0v) is 9.34. The fraction of sp³-hybridized carbons (Fsp3) is 0.333. The van der Waals surface area contributed by atoms with Gasteiger partial charge in [0.15, 0.2) is 0 Å². The van der Waals surface area contributed by atoms with E-state index in [0.29, 0.717) is 0 Å². The summed E-state index contributed by atoms with van der Waals surface area (Å²) < 4.78 is 0.255. The van der Waals surface area contributed by atoms with E-state index in [1.165, 1.54) is 11.0 Å². The Bertz CT molecular complexity index is 233. The van der Waals surface area contributed by atoms with Crippen molar-refractivity contribution in [3.63, 3.8) is 0 Å². The topological polar surface area (TPSA) is 0 Å². The van der Waals surface area contributed by atoms with E-state index >= 15 is 0 Å². The molecule has 0 saturated carbocycles. The largest absolute Gasteiger partial charge is 0.139 e. The van der Waals surface area contributed by atoms with Crippen LogP contribution in [-0.2, 0) is 3.42 Å². The van der Waals surface area contributed by atoms with Crippen molar-refractivity contribution in [2.24, 2.45) is 0 Å². The van der Waals surface area contributed by atoms with Gasteiger partial charge in [-0.25, -0.2) is 0 Å². The van der Waals surface area contributed by atoms with Gasteiger partial charge in [-0.1, -0.05) is 52.3 Å². The van der Waals surface area contributed by atoms with E-state index in [2.05, 4.69) is 68.6 Å². The van der Waals surface area contributed by atoms with Crippen LogP contribution in [0.5, 0.6) is 0 Å². The van der Waals surface area contributed by atoms with Gasteiger partial charge >= 0.3 is 0 Å². The van der Waals surface area contributed by atoms with E-state index in [0.717, 1.165) is 0 Å². The van der Waals surface area contributed by atoms with Crippen molar-refractivity contribution in [1.82, 2.24) is 0 Å². The number of alkyl halides is 1. The number of benzene rings is 1. The van der Waals surface area contributed by atoms with Crippen LogP contribution in [0.2, 0.25) is 0 Å². The summed E-state index contributed by atoms with van der Waals surface area (Å²) in [4.78, 5) is 0. The van der Waals surface area contributed by atoms with Gasteiger partial charge in [-0.15, -0.1) is 0 Å². The first-order valence-corrected chi connectivity index (χ1v) is 4.84. The van der Waals surface area contributed by atoms with E-state index in [1.807, 2.05) is 0 Å².